The van der Waals surface area contributed by atoms with Crippen LogP contribution in [0.2, 0.25) is 0 Å². The van der Waals surface area contributed by atoms with Gasteiger partial charge in [0.05, 0.1) is 18.8 Å². The lowest BCUT2D eigenvalue weighted by atomic mass is 9.49. The summed E-state index contributed by atoms with van der Waals surface area (Å²) in [4.78, 5) is 22.7. The van der Waals surface area contributed by atoms with Gasteiger partial charge in [0.2, 0.25) is 0 Å². The number of fused-ring (bicyclic) bond motifs is 5. The summed E-state index contributed by atoms with van der Waals surface area (Å²) in [5.74, 6) is 0.763. The fourth-order valence-corrected chi connectivity index (χ4v) is 6.75. The Labute approximate surface area is 185 Å². The Balaban J connectivity index is 1.50. The summed E-state index contributed by atoms with van der Waals surface area (Å²) >= 11 is 0. The van der Waals surface area contributed by atoms with E-state index >= 15 is 0 Å². The number of allylic oxidation sites excluding steroid dienone is 1. The van der Waals surface area contributed by atoms with E-state index in [0.29, 0.717) is 18.3 Å². The third-order valence-corrected chi connectivity index (χ3v) is 8.51. The smallest absolute Gasteiger partial charge is 0.303 e. The number of hydrogen-bond acceptors (Lipinski definition) is 6. The molecule has 1 heterocycles. The van der Waals surface area contributed by atoms with E-state index in [2.05, 4.69) is 27.4 Å². The van der Waals surface area contributed by atoms with E-state index in [0.717, 1.165) is 44.9 Å². The van der Waals surface area contributed by atoms with Crippen molar-refractivity contribution in [1.29, 1.82) is 0 Å². The van der Waals surface area contributed by atoms with Crippen LogP contribution < -0.4 is 0 Å². The van der Waals surface area contributed by atoms with Gasteiger partial charge in [0.15, 0.2) is 0 Å². The molecule has 6 nitrogen and oxygen atoms in total. The van der Waals surface area contributed by atoms with Crippen LogP contribution in [0.1, 0.15) is 72.6 Å². The van der Waals surface area contributed by atoms with Gasteiger partial charge in [-0.1, -0.05) is 39.0 Å². The SMILES string of the molecule is C=C(CCC)OO[C@H]1CC[C@@]2(C)C(=CC(O)C3C2CC[C@@]2(C)C3OC[C@@H]2OC(C)=O)C1. The predicted molar refractivity (Wildman–Crippen MR) is 116 cm³/mol. The molecule has 31 heavy (non-hydrogen) atoms. The fourth-order valence-electron chi connectivity index (χ4n) is 6.75. The summed E-state index contributed by atoms with van der Waals surface area (Å²) in [5, 5.41) is 11.2. The van der Waals surface area contributed by atoms with Gasteiger partial charge in [0.1, 0.15) is 18.0 Å². The normalized spacial score (nSPS) is 43.8. The lowest BCUT2D eigenvalue weighted by Gasteiger charge is -2.57. The quantitative estimate of drug-likeness (QED) is 0.219. The number of rotatable bonds is 6. The number of ether oxygens (including phenoxy) is 2. The average molecular weight is 435 g/mol. The molecule has 1 saturated heterocycles. The first-order chi connectivity index (χ1) is 14.7. The Morgan fingerprint density at radius 2 is 2.10 bits per heavy atom. The topological polar surface area (TPSA) is 74.2 Å². The van der Waals surface area contributed by atoms with Gasteiger partial charge in [-0.3, -0.25) is 4.79 Å². The second kappa shape index (κ2) is 8.53. The number of carbonyl (C=O) groups excluding carboxylic acids is 1. The highest BCUT2D eigenvalue weighted by Gasteiger charge is 2.62. The highest BCUT2D eigenvalue weighted by atomic mass is 17.2. The molecule has 0 radical (unpaired) electrons. The zero-order chi connectivity index (χ0) is 22.4. The largest absolute Gasteiger partial charge is 0.459 e. The maximum atomic E-state index is 11.6. The summed E-state index contributed by atoms with van der Waals surface area (Å²) < 4.78 is 11.8. The van der Waals surface area contributed by atoms with Crippen LogP contribution in [-0.4, -0.2) is 42.1 Å². The Morgan fingerprint density at radius 1 is 1.32 bits per heavy atom. The molecule has 0 aromatic carbocycles. The molecule has 8 atom stereocenters. The van der Waals surface area contributed by atoms with Crippen LogP contribution in [-0.2, 0) is 24.0 Å². The maximum Gasteiger partial charge on any atom is 0.303 e. The molecule has 3 aliphatic carbocycles. The van der Waals surface area contributed by atoms with Gasteiger partial charge in [-0.15, -0.1) is 0 Å². The molecule has 0 aromatic rings. The van der Waals surface area contributed by atoms with Gasteiger partial charge >= 0.3 is 5.97 Å². The summed E-state index contributed by atoms with van der Waals surface area (Å²) in [5.41, 5.74) is 1.05. The van der Waals surface area contributed by atoms with Crippen molar-refractivity contribution in [2.75, 3.05) is 6.61 Å². The maximum absolute atomic E-state index is 11.6. The van der Waals surface area contributed by atoms with E-state index in [-0.39, 0.29) is 41.0 Å². The first-order valence-corrected chi connectivity index (χ1v) is 11.9. The highest BCUT2D eigenvalue weighted by Crippen LogP contribution is 2.62. The van der Waals surface area contributed by atoms with E-state index in [1.54, 1.807) is 0 Å². The molecule has 2 saturated carbocycles. The molecule has 0 aromatic heterocycles. The monoisotopic (exact) mass is 434 g/mol. The Bertz CT molecular complexity index is 746. The molecule has 1 N–H and O–H groups in total. The minimum Gasteiger partial charge on any atom is -0.459 e. The summed E-state index contributed by atoms with van der Waals surface area (Å²) in [7, 11) is 0. The van der Waals surface area contributed by atoms with Crippen LogP contribution in [0.5, 0.6) is 0 Å². The second-order valence-electron chi connectivity index (χ2n) is 10.5. The third-order valence-electron chi connectivity index (χ3n) is 8.51. The van der Waals surface area contributed by atoms with Gasteiger partial charge in [0.25, 0.3) is 0 Å². The van der Waals surface area contributed by atoms with Crippen LogP contribution in [0, 0.1) is 22.7 Å². The number of aliphatic hydroxyl groups is 1. The third kappa shape index (κ3) is 3.96. The summed E-state index contributed by atoms with van der Waals surface area (Å²) in [6.07, 6.45) is 7.53. The molecule has 4 unspecified atom stereocenters. The molecule has 1 aliphatic heterocycles. The number of hydrogen-bond donors (Lipinski definition) is 1. The van der Waals surface area contributed by atoms with Crippen LogP contribution in [0.15, 0.2) is 24.0 Å². The van der Waals surface area contributed by atoms with Crippen LogP contribution in [0.3, 0.4) is 0 Å². The number of aliphatic hydroxyl groups excluding tert-OH is 1. The molecule has 0 amide bonds. The minimum absolute atomic E-state index is 0.0124. The molecule has 174 valence electrons. The van der Waals surface area contributed by atoms with Gasteiger partial charge < -0.3 is 19.5 Å². The van der Waals surface area contributed by atoms with Crippen molar-refractivity contribution in [3.63, 3.8) is 0 Å². The first-order valence-electron chi connectivity index (χ1n) is 11.9. The second-order valence-corrected chi connectivity index (χ2v) is 10.5. The van der Waals surface area contributed by atoms with Gasteiger partial charge in [-0.25, -0.2) is 0 Å². The molecule has 0 bridgehead atoms. The summed E-state index contributed by atoms with van der Waals surface area (Å²) in [6.45, 7) is 12.4. The van der Waals surface area contributed by atoms with Crippen molar-refractivity contribution in [3.8, 4) is 0 Å². The molecular formula is C25H38O6. The molecule has 4 rings (SSSR count). The predicted octanol–water partition coefficient (Wildman–Crippen LogP) is 4.47. The van der Waals surface area contributed by atoms with Crippen molar-refractivity contribution in [3.05, 3.63) is 24.0 Å². The number of carbonyl (C=O) groups is 1. The Morgan fingerprint density at radius 3 is 2.81 bits per heavy atom. The lowest BCUT2D eigenvalue weighted by molar-refractivity contribution is -0.301. The lowest BCUT2D eigenvalue weighted by Crippen LogP contribution is -2.58. The van der Waals surface area contributed by atoms with E-state index in [9.17, 15) is 9.90 Å². The zero-order valence-corrected chi connectivity index (χ0v) is 19.4. The minimum atomic E-state index is -0.566. The molecule has 0 spiro atoms. The molecular weight excluding hydrogens is 396 g/mol. The fraction of sp³-hybridized carbons (Fsp3) is 0.800. The van der Waals surface area contributed by atoms with E-state index in [1.807, 2.05) is 6.08 Å². The molecule has 4 aliphatic rings. The van der Waals surface area contributed by atoms with Crippen molar-refractivity contribution in [2.45, 2.75) is 97.1 Å². The van der Waals surface area contributed by atoms with E-state index in [4.69, 9.17) is 19.2 Å². The first kappa shape index (κ1) is 22.8. The van der Waals surface area contributed by atoms with Crippen molar-refractivity contribution < 1.29 is 29.1 Å². The molecule has 3 fully saturated rings. The van der Waals surface area contributed by atoms with Gasteiger partial charge in [0, 0.05) is 24.7 Å². The van der Waals surface area contributed by atoms with E-state index in [1.165, 1.54) is 12.5 Å². The Hall–Kier alpha value is -1.37. The highest BCUT2D eigenvalue weighted by molar-refractivity contribution is 5.66. The van der Waals surface area contributed by atoms with Crippen molar-refractivity contribution >= 4 is 5.97 Å². The van der Waals surface area contributed by atoms with E-state index < -0.39 is 6.10 Å². The average Bonchev–Trinajstić information content (AvgIpc) is 3.03. The zero-order valence-electron chi connectivity index (χ0n) is 19.4. The standard InChI is InChI=1S/C25H38O6/c1-6-7-15(2)30-31-18-8-10-24(4)17(12-18)13-20(27)22-19(24)9-11-25(5)21(29-16(3)26)14-28-23(22)25/h13,18-23,27H,2,6-12,14H2,1,3-5H3/t18-,19?,20?,21-,22?,23?,24-,25+/m0/s1. The van der Waals surface area contributed by atoms with Gasteiger partial charge in [-0.05, 0) is 49.9 Å². The Kier molecular flexibility index (Phi) is 6.27. The summed E-state index contributed by atoms with van der Waals surface area (Å²) in [6, 6.07) is 0. The molecule has 6 heteroatoms. The van der Waals surface area contributed by atoms with Crippen LogP contribution >= 0.6 is 0 Å². The van der Waals surface area contributed by atoms with Gasteiger partial charge in [-0.2, -0.15) is 4.89 Å². The van der Waals surface area contributed by atoms with Crippen LogP contribution in [0.25, 0.3) is 0 Å². The number of esters is 1. The van der Waals surface area contributed by atoms with Crippen molar-refractivity contribution in [2.24, 2.45) is 22.7 Å². The van der Waals surface area contributed by atoms with Crippen molar-refractivity contribution in [1.82, 2.24) is 0 Å². The van der Waals surface area contributed by atoms with Crippen LogP contribution in [0.4, 0.5) is 0 Å².